The number of rotatable bonds is 0. The van der Waals surface area contributed by atoms with Gasteiger partial charge in [-0.1, -0.05) is 34.6 Å². The van der Waals surface area contributed by atoms with Crippen LogP contribution >= 0.6 is 0 Å². The van der Waals surface area contributed by atoms with Crippen molar-refractivity contribution in [1.29, 1.82) is 0 Å². The zero-order valence-electron chi connectivity index (χ0n) is 7.46. The summed E-state index contributed by atoms with van der Waals surface area (Å²) in [5, 5.41) is 0. The molecule has 0 amide bonds. The van der Waals surface area contributed by atoms with Crippen LogP contribution in [0.5, 0.6) is 0 Å². The molecule has 9 heavy (non-hydrogen) atoms. The Kier molecular flexibility index (Phi) is 6.20. The Morgan fingerprint density at radius 1 is 1.11 bits per heavy atom. The van der Waals surface area contributed by atoms with E-state index < -0.39 is 6.17 Å². The number of hydrogen-bond acceptors (Lipinski definition) is 0. The molecule has 58 valence electrons. The van der Waals surface area contributed by atoms with Gasteiger partial charge >= 0.3 is 0 Å². The van der Waals surface area contributed by atoms with E-state index in [0.29, 0.717) is 0 Å². The first-order chi connectivity index (χ1) is 3.94. The molecule has 0 nitrogen and oxygen atoms in total. The molecule has 0 saturated carbocycles. The van der Waals surface area contributed by atoms with Gasteiger partial charge in [0.2, 0.25) is 0 Å². The summed E-state index contributed by atoms with van der Waals surface area (Å²) in [5.74, 6) is 0. The summed E-state index contributed by atoms with van der Waals surface area (Å²) in [4.78, 5) is 0. The molecule has 1 heteroatoms. The maximum absolute atomic E-state index is 12.2. The van der Waals surface area contributed by atoms with Crippen molar-refractivity contribution < 1.29 is 4.39 Å². The number of alkyl halides is 1. The van der Waals surface area contributed by atoms with Gasteiger partial charge in [-0.05, 0) is 12.3 Å². The fourth-order valence-electron chi connectivity index (χ4n) is 0. The Hall–Kier alpha value is -0.0700. The van der Waals surface area contributed by atoms with Crippen LogP contribution in [0.2, 0.25) is 0 Å². The first kappa shape index (κ1) is 11.7. The molecule has 0 N–H and O–H groups in total. The van der Waals surface area contributed by atoms with Crippen LogP contribution < -0.4 is 0 Å². The van der Waals surface area contributed by atoms with E-state index in [1.807, 2.05) is 34.6 Å². The summed E-state index contributed by atoms with van der Waals surface area (Å²) in [6.07, 6.45) is -0.701. The third-order valence-electron chi connectivity index (χ3n) is 1.19. The van der Waals surface area contributed by atoms with Gasteiger partial charge in [-0.25, -0.2) is 4.39 Å². The van der Waals surface area contributed by atoms with Gasteiger partial charge in [-0.2, -0.15) is 0 Å². The molecule has 1 atom stereocenters. The van der Waals surface area contributed by atoms with Gasteiger partial charge in [0.15, 0.2) is 0 Å². The van der Waals surface area contributed by atoms with E-state index in [4.69, 9.17) is 0 Å². The predicted octanol–water partition coefficient (Wildman–Crippen LogP) is 3.42. The number of hydrogen-bond donors (Lipinski definition) is 0. The molecule has 0 aromatic heterocycles. The van der Waals surface area contributed by atoms with Crippen molar-refractivity contribution in [3.8, 4) is 0 Å². The van der Waals surface area contributed by atoms with Crippen molar-refractivity contribution in [3.63, 3.8) is 0 Å². The second kappa shape index (κ2) is 4.78. The van der Waals surface area contributed by atoms with E-state index in [0.717, 1.165) is 0 Å². The van der Waals surface area contributed by atoms with Crippen LogP contribution in [0.15, 0.2) is 0 Å². The minimum absolute atomic E-state index is 0.167. The quantitative estimate of drug-likeness (QED) is 0.476. The Morgan fingerprint density at radius 2 is 1.22 bits per heavy atom. The molecule has 0 aromatic carbocycles. The van der Waals surface area contributed by atoms with Gasteiger partial charge in [0, 0.05) is 0 Å². The molecule has 0 rings (SSSR count). The molecule has 0 saturated heterocycles. The van der Waals surface area contributed by atoms with Crippen LogP contribution in [0.25, 0.3) is 0 Å². The summed E-state index contributed by atoms with van der Waals surface area (Å²) in [7, 11) is 0. The van der Waals surface area contributed by atoms with E-state index in [2.05, 4.69) is 0 Å². The average Bonchev–Trinajstić information content (AvgIpc) is 1.69. The van der Waals surface area contributed by atoms with Crippen LogP contribution in [-0.2, 0) is 0 Å². The van der Waals surface area contributed by atoms with Crippen LogP contribution in [0.1, 0.15) is 41.5 Å². The van der Waals surface area contributed by atoms with Crippen molar-refractivity contribution >= 4 is 0 Å². The standard InChI is InChI=1S/C6H13F.C2H6/c1-5(7)6(2,3)4;1-2/h5H,1-4H3;1-2H3. The van der Waals surface area contributed by atoms with Crippen molar-refractivity contribution in [3.05, 3.63) is 0 Å². The highest BCUT2D eigenvalue weighted by molar-refractivity contribution is 4.67. The normalized spacial score (nSPS) is 13.7. The van der Waals surface area contributed by atoms with E-state index in [9.17, 15) is 4.39 Å². The third-order valence-corrected chi connectivity index (χ3v) is 1.19. The van der Waals surface area contributed by atoms with Gasteiger partial charge in [0.05, 0.1) is 0 Å². The molecule has 0 bridgehead atoms. The SMILES string of the molecule is CC.CC(F)C(C)(C)C. The highest BCUT2D eigenvalue weighted by Gasteiger charge is 2.17. The minimum Gasteiger partial charge on any atom is -0.247 e. The van der Waals surface area contributed by atoms with Crippen molar-refractivity contribution in [2.45, 2.75) is 47.7 Å². The molecule has 0 fully saturated rings. The first-order valence-electron chi connectivity index (χ1n) is 3.58. The Bertz CT molecular complexity index is 50.1. The summed E-state index contributed by atoms with van der Waals surface area (Å²) in [6.45, 7) is 11.2. The van der Waals surface area contributed by atoms with Gasteiger partial charge < -0.3 is 0 Å². The van der Waals surface area contributed by atoms with E-state index in [1.54, 1.807) is 6.92 Å². The monoisotopic (exact) mass is 134 g/mol. The molecule has 0 heterocycles. The third kappa shape index (κ3) is 7.93. The lowest BCUT2D eigenvalue weighted by molar-refractivity contribution is 0.182. The Balaban J connectivity index is 0. The Morgan fingerprint density at radius 3 is 1.22 bits per heavy atom. The fourth-order valence-corrected chi connectivity index (χ4v) is 0. The van der Waals surface area contributed by atoms with Crippen LogP contribution in [0.3, 0.4) is 0 Å². The zero-order chi connectivity index (χ0) is 8.08. The average molecular weight is 134 g/mol. The largest absolute Gasteiger partial charge is 0.247 e. The van der Waals surface area contributed by atoms with Crippen molar-refractivity contribution in [2.24, 2.45) is 5.41 Å². The molecular formula is C8H19F. The summed E-state index contributed by atoms with van der Waals surface area (Å²) in [5.41, 5.74) is -0.167. The Labute approximate surface area is 58.5 Å². The fraction of sp³-hybridized carbons (Fsp3) is 1.00. The summed E-state index contributed by atoms with van der Waals surface area (Å²) in [6, 6.07) is 0. The molecular weight excluding hydrogens is 115 g/mol. The number of halogens is 1. The zero-order valence-corrected chi connectivity index (χ0v) is 7.46. The van der Waals surface area contributed by atoms with Gasteiger partial charge in [-0.3, -0.25) is 0 Å². The molecule has 0 radical (unpaired) electrons. The maximum Gasteiger partial charge on any atom is 0.102 e. The topological polar surface area (TPSA) is 0 Å². The highest BCUT2D eigenvalue weighted by Crippen LogP contribution is 2.20. The predicted molar refractivity (Wildman–Crippen MR) is 41.4 cm³/mol. The molecule has 1 unspecified atom stereocenters. The van der Waals surface area contributed by atoms with Crippen LogP contribution in [-0.4, -0.2) is 6.17 Å². The second-order valence-corrected chi connectivity index (χ2v) is 2.98. The molecule has 0 aliphatic carbocycles. The van der Waals surface area contributed by atoms with Gasteiger partial charge in [0.25, 0.3) is 0 Å². The van der Waals surface area contributed by atoms with Crippen LogP contribution in [0.4, 0.5) is 4.39 Å². The smallest absolute Gasteiger partial charge is 0.102 e. The molecule has 0 aliphatic rings. The second-order valence-electron chi connectivity index (χ2n) is 2.98. The highest BCUT2D eigenvalue weighted by atomic mass is 19.1. The lowest BCUT2D eigenvalue weighted by atomic mass is 9.92. The molecule has 0 aliphatic heterocycles. The van der Waals surface area contributed by atoms with Crippen molar-refractivity contribution in [2.75, 3.05) is 0 Å². The van der Waals surface area contributed by atoms with E-state index in [1.165, 1.54) is 0 Å². The summed E-state index contributed by atoms with van der Waals surface area (Å²) >= 11 is 0. The minimum atomic E-state index is -0.701. The lowest BCUT2D eigenvalue weighted by Gasteiger charge is -2.18. The first-order valence-corrected chi connectivity index (χ1v) is 3.58. The maximum atomic E-state index is 12.2. The van der Waals surface area contributed by atoms with E-state index in [-0.39, 0.29) is 5.41 Å². The molecule has 0 aromatic rings. The summed E-state index contributed by atoms with van der Waals surface area (Å²) < 4.78 is 12.2. The van der Waals surface area contributed by atoms with Gasteiger partial charge in [0.1, 0.15) is 6.17 Å². The molecule has 0 spiro atoms. The van der Waals surface area contributed by atoms with E-state index >= 15 is 0 Å². The lowest BCUT2D eigenvalue weighted by Crippen LogP contribution is -2.17. The van der Waals surface area contributed by atoms with Gasteiger partial charge in [-0.15, -0.1) is 0 Å². The van der Waals surface area contributed by atoms with Crippen molar-refractivity contribution in [1.82, 2.24) is 0 Å². The van der Waals surface area contributed by atoms with Crippen LogP contribution in [0, 0.1) is 5.41 Å².